The Morgan fingerprint density at radius 2 is 1.46 bits per heavy atom. The quantitative estimate of drug-likeness (QED) is 0.695. The van der Waals surface area contributed by atoms with Gasteiger partial charge in [0, 0.05) is 17.7 Å². The molecule has 2 heterocycles. The first kappa shape index (κ1) is 17.7. The van der Waals surface area contributed by atoms with E-state index < -0.39 is 0 Å². The van der Waals surface area contributed by atoms with Crippen molar-refractivity contribution < 1.29 is 9.59 Å². The predicted molar refractivity (Wildman–Crippen MR) is 106 cm³/mol. The van der Waals surface area contributed by atoms with Gasteiger partial charge in [-0.1, -0.05) is 37.1 Å². The van der Waals surface area contributed by atoms with E-state index in [2.05, 4.69) is 4.90 Å². The van der Waals surface area contributed by atoms with Gasteiger partial charge in [-0.2, -0.15) is 0 Å². The van der Waals surface area contributed by atoms with Gasteiger partial charge >= 0.3 is 0 Å². The molecule has 5 rings (SSSR count). The molecule has 0 N–H and O–H groups in total. The highest BCUT2D eigenvalue weighted by Gasteiger charge is 2.38. The summed E-state index contributed by atoms with van der Waals surface area (Å²) in [7, 11) is 0. The minimum absolute atomic E-state index is 0.00449. The maximum atomic E-state index is 12.8. The smallest absolute Gasteiger partial charge is 0.213 e. The van der Waals surface area contributed by atoms with E-state index in [-0.39, 0.29) is 23.0 Å². The first-order valence-corrected chi connectivity index (χ1v) is 10.5. The van der Waals surface area contributed by atoms with Gasteiger partial charge in [-0.3, -0.25) is 14.3 Å². The van der Waals surface area contributed by atoms with E-state index in [0.717, 1.165) is 26.1 Å². The summed E-state index contributed by atoms with van der Waals surface area (Å²) in [5, 5.41) is 12.4. The van der Waals surface area contributed by atoms with Crippen LogP contribution in [0.15, 0.2) is 24.3 Å². The molecule has 6 nitrogen and oxygen atoms in total. The molecule has 0 radical (unpaired) electrons. The monoisotopic (exact) mass is 380 g/mol. The molecule has 1 saturated heterocycles. The molecule has 0 unspecified atom stereocenters. The molecule has 2 aliphatic carbocycles. The molecule has 6 heteroatoms. The van der Waals surface area contributed by atoms with E-state index in [0.29, 0.717) is 27.9 Å². The van der Waals surface area contributed by atoms with Crippen LogP contribution in [0.4, 0.5) is 0 Å². The molecule has 1 aromatic heterocycles. The van der Waals surface area contributed by atoms with Crippen molar-refractivity contribution in [3.8, 4) is 0 Å². The number of nitrogens with zero attached hydrogens (tertiary/aromatic N) is 3. The Morgan fingerprint density at radius 1 is 0.857 bits per heavy atom. The van der Waals surface area contributed by atoms with Gasteiger partial charge in [0.1, 0.15) is 11.4 Å². The summed E-state index contributed by atoms with van der Waals surface area (Å²) in [6, 6.07) is 6.75. The van der Waals surface area contributed by atoms with E-state index in [4.69, 9.17) is 0 Å². The second kappa shape index (κ2) is 6.62. The lowest BCUT2D eigenvalue weighted by molar-refractivity contribution is 0.0934. The van der Waals surface area contributed by atoms with Crippen LogP contribution in [-0.4, -0.2) is 45.6 Å². The fourth-order valence-electron chi connectivity index (χ4n) is 5.46. The highest BCUT2D eigenvalue weighted by atomic mass is 16.5. The van der Waals surface area contributed by atoms with Crippen LogP contribution in [0.1, 0.15) is 77.0 Å². The number of likely N-dealkylation sites (tertiary alicyclic amines) is 1. The van der Waals surface area contributed by atoms with Gasteiger partial charge < -0.3 is 15.0 Å². The molecular weight excluding hydrogens is 354 g/mol. The average molecular weight is 380 g/mol. The fraction of sp³-hybridized carbons (Fsp3) is 0.545. The largest absolute Gasteiger partial charge is 0.791 e. The van der Waals surface area contributed by atoms with Crippen LogP contribution >= 0.6 is 0 Å². The van der Waals surface area contributed by atoms with Gasteiger partial charge in [0.2, 0.25) is 11.6 Å². The third kappa shape index (κ3) is 2.65. The Morgan fingerprint density at radius 3 is 2.11 bits per heavy atom. The predicted octanol–water partition coefficient (Wildman–Crippen LogP) is 3.46. The van der Waals surface area contributed by atoms with Crippen molar-refractivity contribution in [1.82, 2.24) is 14.4 Å². The molecule has 0 bridgehead atoms. The van der Waals surface area contributed by atoms with E-state index in [9.17, 15) is 14.8 Å². The summed E-state index contributed by atoms with van der Waals surface area (Å²) < 4.78 is 1.44. The maximum Gasteiger partial charge on any atom is 0.213 e. The van der Waals surface area contributed by atoms with Gasteiger partial charge in [-0.15, -0.1) is 0 Å². The van der Waals surface area contributed by atoms with E-state index in [1.165, 1.54) is 43.2 Å². The minimum Gasteiger partial charge on any atom is -0.791 e. The number of hydrogen-bond donors (Lipinski definition) is 0. The Labute approximate surface area is 164 Å². The lowest BCUT2D eigenvalue weighted by atomic mass is 9.77. The van der Waals surface area contributed by atoms with Crippen LogP contribution < -0.4 is 0 Å². The average Bonchev–Trinajstić information content (AvgIpc) is 3.17. The van der Waals surface area contributed by atoms with E-state index in [1.54, 1.807) is 24.3 Å². The molecule has 1 aliphatic heterocycles. The van der Waals surface area contributed by atoms with Gasteiger partial charge in [-0.25, -0.2) is 0 Å². The maximum absolute atomic E-state index is 12.8. The third-order valence-electron chi connectivity index (χ3n) is 7.16. The fourth-order valence-corrected chi connectivity index (χ4v) is 5.46. The van der Waals surface area contributed by atoms with Crippen molar-refractivity contribution in [3.63, 3.8) is 0 Å². The second-order valence-electron chi connectivity index (χ2n) is 8.70. The Hall–Kier alpha value is -2.34. The first-order valence-electron chi connectivity index (χ1n) is 10.5. The van der Waals surface area contributed by atoms with Crippen molar-refractivity contribution >= 4 is 11.6 Å². The Kier molecular flexibility index (Phi) is 4.19. The molecular formula is C22H26N3O3-. The SMILES string of the molecule is O=C1c2ccccc2C(=O)c2c1n([O-])n2CCCN1CCC2(CCCC2)CC1. The van der Waals surface area contributed by atoms with Gasteiger partial charge in [0.25, 0.3) is 0 Å². The molecule has 0 atom stereocenters. The lowest BCUT2D eigenvalue weighted by Crippen LogP contribution is -2.41. The zero-order valence-corrected chi connectivity index (χ0v) is 16.2. The van der Waals surface area contributed by atoms with Gasteiger partial charge in [0.15, 0.2) is 0 Å². The number of carbonyl (C=O) groups is 2. The van der Waals surface area contributed by atoms with Gasteiger partial charge in [0.05, 0.1) is 0 Å². The lowest BCUT2D eigenvalue weighted by Gasteiger charge is -2.40. The Balaban J connectivity index is 1.22. The molecule has 1 spiro atoms. The highest BCUT2D eigenvalue weighted by molar-refractivity contribution is 6.27. The van der Waals surface area contributed by atoms with Crippen LogP contribution in [0.3, 0.4) is 0 Å². The third-order valence-corrected chi connectivity index (χ3v) is 7.16. The Bertz CT molecular complexity index is 923. The van der Waals surface area contributed by atoms with Crippen molar-refractivity contribution in [2.24, 2.45) is 5.41 Å². The molecule has 2 fully saturated rings. The summed E-state index contributed by atoms with van der Waals surface area (Å²) in [4.78, 5) is 28.4. The molecule has 3 aliphatic rings. The van der Waals surface area contributed by atoms with E-state index in [1.807, 2.05) is 0 Å². The summed E-state index contributed by atoms with van der Waals surface area (Å²) in [5.74, 6) is -0.548. The number of hydrogen-bond acceptors (Lipinski definition) is 4. The summed E-state index contributed by atoms with van der Waals surface area (Å²) in [6.07, 6.45) is 8.98. The standard InChI is InChI=1S/C22H26N3O3/c26-20-16-6-1-2-7-17(16)21(27)19-18(20)24(25(19)28)13-5-12-23-14-10-22(11-15-23)8-3-4-9-22/h1-2,6-7H,3-5,8-15H2/q-1. The number of aromatic nitrogens is 2. The molecule has 2 aromatic rings. The normalized spacial score (nSPS) is 21.3. The number of ketones is 2. The van der Waals surface area contributed by atoms with Crippen molar-refractivity contribution in [3.05, 3.63) is 52.0 Å². The molecule has 1 aromatic carbocycles. The summed E-state index contributed by atoms with van der Waals surface area (Å²) in [6.45, 7) is 3.69. The molecule has 148 valence electrons. The number of benzene rings is 1. The van der Waals surface area contributed by atoms with Crippen LogP contribution in [0.25, 0.3) is 0 Å². The number of carbonyl (C=O) groups excluding carboxylic acids is 2. The van der Waals surface area contributed by atoms with Crippen LogP contribution in [-0.2, 0) is 6.54 Å². The minimum atomic E-state index is -0.339. The van der Waals surface area contributed by atoms with Crippen molar-refractivity contribution in [1.29, 1.82) is 0 Å². The molecule has 28 heavy (non-hydrogen) atoms. The van der Waals surface area contributed by atoms with Gasteiger partial charge in [-0.05, 0) is 57.2 Å². The van der Waals surface area contributed by atoms with Crippen LogP contribution in [0.5, 0.6) is 0 Å². The molecule has 0 amide bonds. The topological polar surface area (TPSA) is 70.3 Å². The second-order valence-corrected chi connectivity index (χ2v) is 8.70. The van der Waals surface area contributed by atoms with Crippen LogP contribution in [0, 0.1) is 10.6 Å². The number of piperidine rings is 1. The number of rotatable bonds is 4. The highest BCUT2D eigenvalue weighted by Crippen LogP contribution is 2.46. The summed E-state index contributed by atoms with van der Waals surface area (Å²) >= 11 is 0. The summed E-state index contributed by atoms with van der Waals surface area (Å²) in [5.41, 5.74) is 1.64. The van der Waals surface area contributed by atoms with Crippen molar-refractivity contribution in [2.45, 2.75) is 51.5 Å². The zero-order valence-electron chi connectivity index (χ0n) is 16.2. The zero-order chi connectivity index (χ0) is 19.3. The molecule has 1 saturated carbocycles. The van der Waals surface area contributed by atoms with Crippen molar-refractivity contribution in [2.75, 3.05) is 19.6 Å². The van der Waals surface area contributed by atoms with Crippen LogP contribution in [0.2, 0.25) is 0 Å². The van der Waals surface area contributed by atoms with E-state index >= 15 is 0 Å². The first-order chi connectivity index (χ1) is 13.6. The number of fused-ring (bicyclic) bond motifs is 2.